The number of fused-ring (bicyclic) bond motifs is 1. The number of anilines is 2. The first-order valence-electron chi connectivity index (χ1n) is 6.45. The molecule has 0 aliphatic carbocycles. The van der Waals surface area contributed by atoms with E-state index in [0.717, 1.165) is 30.8 Å². The molecule has 2 N–H and O–H groups in total. The standard InChI is InChI=1S/C14H16N4O/c19-14(10-18-8-2-7-16-18)17-12-5-4-11-3-1-6-15-13(11)9-12/h2,4-5,7-9,15H,1,3,6,10H2,(H,17,19). The number of aromatic nitrogens is 2. The van der Waals surface area contributed by atoms with Crippen molar-refractivity contribution in [3.8, 4) is 0 Å². The maximum absolute atomic E-state index is 11.9. The number of carbonyl (C=O) groups excluding carboxylic acids is 1. The van der Waals surface area contributed by atoms with Gasteiger partial charge in [0, 0.05) is 30.3 Å². The smallest absolute Gasteiger partial charge is 0.246 e. The molecule has 1 amide bonds. The monoisotopic (exact) mass is 256 g/mol. The van der Waals surface area contributed by atoms with Gasteiger partial charge in [-0.1, -0.05) is 6.07 Å². The topological polar surface area (TPSA) is 59.0 Å². The minimum atomic E-state index is -0.0699. The van der Waals surface area contributed by atoms with Gasteiger partial charge in [-0.3, -0.25) is 9.48 Å². The SMILES string of the molecule is O=C(Cn1cccn1)Nc1ccc2c(c1)NCCC2. The molecule has 0 fully saturated rings. The predicted molar refractivity (Wildman–Crippen MR) is 74.1 cm³/mol. The Morgan fingerprint density at radius 2 is 2.42 bits per heavy atom. The molecule has 3 rings (SSSR count). The molecule has 19 heavy (non-hydrogen) atoms. The van der Waals surface area contributed by atoms with Crippen molar-refractivity contribution in [1.29, 1.82) is 0 Å². The Morgan fingerprint density at radius 3 is 3.26 bits per heavy atom. The van der Waals surface area contributed by atoms with Gasteiger partial charge in [0.25, 0.3) is 0 Å². The van der Waals surface area contributed by atoms with Crippen LogP contribution in [-0.2, 0) is 17.8 Å². The van der Waals surface area contributed by atoms with Crippen molar-refractivity contribution in [3.05, 3.63) is 42.2 Å². The van der Waals surface area contributed by atoms with E-state index in [0.29, 0.717) is 0 Å². The maximum atomic E-state index is 11.9. The summed E-state index contributed by atoms with van der Waals surface area (Å²) in [7, 11) is 0. The van der Waals surface area contributed by atoms with Crippen LogP contribution < -0.4 is 10.6 Å². The summed E-state index contributed by atoms with van der Waals surface area (Å²) in [4.78, 5) is 11.9. The molecule has 0 saturated carbocycles. The van der Waals surface area contributed by atoms with E-state index in [-0.39, 0.29) is 12.5 Å². The van der Waals surface area contributed by atoms with Crippen LogP contribution in [0.3, 0.4) is 0 Å². The van der Waals surface area contributed by atoms with Crippen LogP contribution in [-0.4, -0.2) is 22.2 Å². The summed E-state index contributed by atoms with van der Waals surface area (Å²) in [5.41, 5.74) is 3.27. The zero-order valence-electron chi connectivity index (χ0n) is 10.6. The lowest BCUT2D eigenvalue weighted by atomic mass is 10.0. The molecule has 0 spiro atoms. The molecule has 1 aromatic carbocycles. The van der Waals surface area contributed by atoms with Crippen LogP contribution in [0.5, 0.6) is 0 Å². The van der Waals surface area contributed by atoms with E-state index < -0.39 is 0 Å². The third-order valence-corrected chi connectivity index (χ3v) is 3.20. The van der Waals surface area contributed by atoms with Crippen molar-refractivity contribution in [2.45, 2.75) is 19.4 Å². The quantitative estimate of drug-likeness (QED) is 0.881. The van der Waals surface area contributed by atoms with Gasteiger partial charge in [-0.05, 0) is 36.6 Å². The lowest BCUT2D eigenvalue weighted by Gasteiger charge is -2.18. The molecule has 1 aliphatic rings. The molecule has 5 heteroatoms. The van der Waals surface area contributed by atoms with Crippen LogP contribution in [0.1, 0.15) is 12.0 Å². The summed E-state index contributed by atoms with van der Waals surface area (Å²) in [5.74, 6) is -0.0699. The van der Waals surface area contributed by atoms with Gasteiger partial charge in [-0.15, -0.1) is 0 Å². The first-order chi connectivity index (χ1) is 9.31. The Hall–Kier alpha value is -2.30. The molecule has 98 valence electrons. The second-order valence-electron chi connectivity index (χ2n) is 4.65. The van der Waals surface area contributed by atoms with Crippen LogP contribution in [0.4, 0.5) is 11.4 Å². The highest BCUT2D eigenvalue weighted by Crippen LogP contribution is 2.25. The largest absolute Gasteiger partial charge is 0.385 e. The minimum Gasteiger partial charge on any atom is -0.385 e. The number of nitrogens with one attached hydrogen (secondary N) is 2. The van der Waals surface area contributed by atoms with Gasteiger partial charge < -0.3 is 10.6 Å². The van der Waals surface area contributed by atoms with Gasteiger partial charge in [0.1, 0.15) is 6.54 Å². The van der Waals surface area contributed by atoms with Crippen molar-refractivity contribution in [3.63, 3.8) is 0 Å². The van der Waals surface area contributed by atoms with Crippen LogP contribution in [0, 0.1) is 0 Å². The maximum Gasteiger partial charge on any atom is 0.246 e. The number of amides is 1. The highest BCUT2D eigenvalue weighted by Gasteiger charge is 2.10. The summed E-state index contributed by atoms with van der Waals surface area (Å²) >= 11 is 0. The predicted octanol–water partition coefficient (Wildman–Crippen LogP) is 1.88. The number of nitrogens with zero attached hydrogens (tertiary/aromatic N) is 2. The molecule has 0 bridgehead atoms. The summed E-state index contributed by atoms with van der Waals surface area (Å²) in [6.45, 7) is 1.23. The van der Waals surface area contributed by atoms with Crippen LogP contribution in [0.25, 0.3) is 0 Å². The molecule has 1 aliphatic heterocycles. The molecule has 0 atom stereocenters. The van der Waals surface area contributed by atoms with Crippen LogP contribution in [0.2, 0.25) is 0 Å². The average molecular weight is 256 g/mol. The molecular weight excluding hydrogens is 240 g/mol. The summed E-state index contributed by atoms with van der Waals surface area (Å²) in [5, 5.41) is 10.3. The van der Waals surface area contributed by atoms with Crippen molar-refractivity contribution in [2.75, 3.05) is 17.2 Å². The van der Waals surface area contributed by atoms with Gasteiger partial charge in [0.2, 0.25) is 5.91 Å². The van der Waals surface area contributed by atoms with E-state index in [1.807, 2.05) is 12.1 Å². The fourth-order valence-corrected chi connectivity index (χ4v) is 2.28. The first kappa shape index (κ1) is 11.8. The molecule has 0 unspecified atom stereocenters. The van der Waals surface area contributed by atoms with Crippen molar-refractivity contribution in [2.24, 2.45) is 0 Å². The summed E-state index contributed by atoms with van der Waals surface area (Å²) in [6.07, 6.45) is 5.70. The fraction of sp³-hybridized carbons (Fsp3) is 0.286. The van der Waals surface area contributed by atoms with Gasteiger partial charge in [0.15, 0.2) is 0 Å². The molecule has 2 aromatic rings. The number of rotatable bonds is 3. The lowest BCUT2D eigenvalue weighted by molar-refractivity contribution is -0.116. The van der Waals surface area contributed by atoms with E-state index in [2.05, 4.69) is 21.8 Å². The summed E-state index contributed by atoms with van der Waals surface area (Å²) < 4.78 is 1.60. The van der Waals surface area contributed by atoms with Gasteiger partial charge in [-0.25, -0.2) is 0 Å². The van der Waals surface area contributed by atoms with Crippen LogP contribution >= 0.6 is 0 Å². The van der Waals surface area contributed by atoms with Crippen molar-refractivity contribution < 1.29 is 4.79 Å². The zero-order chi connectivity index (χ0) is 13.1. The van der Waals surface area contributed by atoms with Crippen LogP contribution in [0.15, 0.2) is 36.7 Å². The van der Waals surface area contributed by atoms with Gasteiger partial charge in [-0.2, -0.15) is 5.10 Å². The number of hydrogen-bond donors (Lipinski definition) is 2. The second kappa shape index (κ2) is 5.14. The van der Waals surface area contributed by atoms with Gasteiger partial charge >= 0.3 is 0 Å². The highest BCUT2D eigenvalue weighted by atomic mass is 16.2. The molecule has 0 saturated heterocycles. The van der Waals surface area contributed by atoms with Crippen molar-refractivity contribution in [1.82, 2.24) is 9.78 Å². The molecule has 5 nitrogen and oxygen atoms in total. The average Bonchev–Trinajstić information content (AvgIpc) is 2.91. The van der Waals surface area contributed by atoms with E-state index in [9.17, 15) is 4.79 Å². The normalized spacial score (nSPS) is 13.5. The number of hydrogen-bond acceptors (Lipinski definition) is 3. The molecule has 0 radical (unpaired) electrons. The molecule has 2 heterocycles. The van der Waals surface area contributed by atoms with E-state index in [4.69, 9.17) is 0 Å². The Balaban J connectivity index is 1.67. The summed E-state index contributed by atoms with van der Waals surface area (Å²) in [6, 6.07) is 7.82. The number of aryl methyl sites for hydroxylation is 1. The Morgan fingerprint density at radius 1 is 1.47 bits per heavy atom. The van der Waals surface area contributed by atoms with Gasteiger partial charge in [0.05, 0.1) is 0 Å². The zero-order valence-corrected chi connectivity index (χ0v) is 10.6. The first-order valence-corrected chi connectivity index (χ1v) is 6.45. The molecule has 1 aromatic heterocycles. The fourth-order valence-electron chi connectivity index (χ4n) is 2.28. The Bertz CT molecular complexity index is 577. The van der Waals surface area contributed by atoms with E-state index in [1.54, 1.807) is 23.1 Å². The minimum absolute atomic E-state index is 0.0699. The number of benzene rings is 1. The van der Waals surface area contributed by atoms with E-state index in [1.165, 1.54) is 5.56 Å². The highest BCUT2D eigenvalue weighted by molar-refractivity contribution is 5.91. The lowest BCUT2D eigenvalue weighted by Crippen LogP contribution is -2.19. The second-order valence-corrected chi connectivity index (χ2v) is 4.65. The Kier molecular flexibility index (Phi) is 3.18. The Labute approximate surface area is 111 Å². The number of carbonyl (C=O) groups is 1. The van der Waals surface area contributed by atoms with Crippen molar-refractivity contribution >= 4 is 17.3 Å². The third kappa shape index (κ3) is 2.76. The third-order valence-electron chi connectivity index (χ3n) is 3.20. The van der Waals surface area contributed by atoms with E-state index >= 15 is 0 Å². The molecular formula is C14H16N4O.